The van der Waals surface area contributed by atoms with Crippen LogP contribution in [0.1, 0.15) is 37.3 Å². The first-order valence-electron chi connectivity index (χ1n) is 6.22. The van der Waals surface area contributed by atoms with E-state index < -0.39 is 0 Å². The molecule has 0 bridgehead atoms. The molecular weight excluding hydrogens is 198 g/mol. The maximum absolute atomic E-state index is 9.25. The zero-order valence-electron chi connectivity index (χ0n) is 10.5. The van der Waals surface area contributed by atoms with Gasteiger partial charge in [-0.2, -0.15) is 0 Å². The van der Waals surface area contributed by atoms with Crippen LogP contribution in [0, 0.1) is 0 Å². The van der Waals surface area contributed by atoms with Gasteiger partial charge in [-0.05, 0) is 31.0 Å². The van der Waals surface area contributed by atoms with Crippen molar-refractivity contribution in [3.8, 4) is 0 Å². The fraction of sp³-hybridized carbons (Fsp3) is 0.571. The van der Waals surface area contributed by atoms with Crippen LogP contribution in [-0.2, 0) is 6.42 Å². The summed E-state index contributed by atoms with van der Waals surface area (Å²) in [5.74, 6) is 0.487. The third-order valence-electron chi connectivity index (χ3n) is 3.23. The molecule has 2 heteroatoms. The first-order valence-corrected chi connectivity index (χ1v) is 6.22. The Hall–Kier alpha value is -0.860. The van der Waals surface area contributed by atoms with Crippen LogP contribution in [0.2, 0.25) is 0 Å². The van der Waals surface area contributed by atoms with Crippen molar-refractivity contribution in [1.29, 1.82) is 0 Å². The quantitative estimate of drug-likeness (QED) is 0.821. The van der Waals surface area contributed by atoms with Gasteiger partial charge in [0.05, 0.1) is 6.61 Å². The van der Waals surface area contributed by atoms with Crippen LogP contribution in [0.25, 0.3) is 0 Å². The molecule has 2 rings (SSSR count). The molecule has 0 heterocycles. The largest absolute Gasteiger partial charge is 0.395 e. The molecule has 1 aliphatic rings. The lowest BCUT2D eigenvalue weighted by atomic mass is 9.94. The van der Waals surface area contributed by atoms with Crippen molar-refractivity contribution in [3.05, 3.63) is 35.4 Å². The predicted octanol–water partition coefficient (Wildman–Crippen LogP) is 2.32. The van der Waals surface area contributed by atoms with Crippen LogP contribution < -0.4 is 5.32 Å². The zero-order valence-corrected chi connectivity index (χ0v) is 10.5. The van der Waals surface area contributed by atoms with E-state index in [2.05, 4.69) is 29.6 Å². The van der Waals surface area contributed by atoms with Gasteiger partial charge < -0.3 is 10.4 Å². The van der Waals surface area contributed by atoms with Gasteiger partial charge in [0.15, 0.2) is 0 Å². The highest BCUT2D eigenvalue weighted by Gasteiger charge is 2.27. The Bertz CT molecular complexity index is 307. The van der Waals surface area contributed by atoms with E-state index in [-0.39, 0.29) is 12.6 Å². The van der Waals surface area contributed by atoms with Gasteiger partial charge in [-0.3, -0.25) is 0 Å². The number of nitrogens with one attached hydrogen (secondary N) is 1. The molecule has 90 valence electrons. The van der Waals surface area contributed by atoms with Crippen LogP contribution >= 0.6 is 0 Å². The lowest BCUT2D eigenvalue weighted by Crippen LogP contribution is -2.34. The van der Waals surface area contributed by atoms with Crippen molar-refractivity contribution in [2.24, 2.45) is 0 Å². The van der Waals surface area contributed by atoms with Crippen LogP contribution in [0.3, 0.4) is 0 Å². The number of benzene rings is 1. The molecule has 0 spiro atoms. The van der Waals surface area contributed by atoms with E-state index in [4.69, 9.17) is 0 Å². The Morgan fingerprint density at radius 2 is 2.06 bits per heavy atom. The Labute approximate surface area is 98.7 Å². The summed E-state index contributed by atoms with van der Waals surface area (Å²) in [6.45, 7) is 4.22. The molecule has 0 fully saturated rings. The second-order valence-corrected chi connectivity index (χ2v) is 3.92. The molecule has 0 aromatic heterocycles. The van der Waals surface area contributed by atoms with Crippen molar-refractivity contribution in [2.45, 2.75) is 38.6 Å². The van der Waals surface area contributed by atoms with Crippen molar-refractivity contribution in [2.75, 3.05) is 13.7 Å². The molecule has 1 aromatic rings. The summed E-state index contributed by atoms with van der Waals surface area (Å²) in [5, 5.41) is 12.4. The monoisotopic (exact) mass is 221 g/mol. The van der Waals surface area contributed by atoms with Gasteiger partial charge in [-0.25, -0.2) is 0 Å². The van der Waals surface area contributed by atoms with E-state index in [0.29, 0.717) is 5.92 Å². The van der Waals surface area contributed by atoms with Gasteiger partial charge in [0.1, 0.15) is 0 Å². The minimum atomic E-state index is 0.207. The van der Waals surface area contributed by atoms with Gasteiger partial charge in [-0.1, -0.05) is 38.1 Å². The maximum atomic E-state index is 9.25. The second-order valence-electron chi connectivity index (χ2n) is 3.92. The molecule has 1 aromatic carbocycles. The molecule has 0 saturated heterocycles. The molecule has 1 aliphatic carbocycles. The average Bonchev–Trinajstić information content (AvgIpc) is 2.78. The fourth-order valence-electron chi connectivity index (χ4n) is 2.43. The van der Waals surface area contributed by atoms with Gasteiger partial charge in [0, 0.05) is 12.0 Å². The van der Waals surface area contributed by atoms with Crippen LogP contribution in [0.4, 0.5) is 0 Å². The number of aliphatic hydroxyl groups excluding tert-OH is 1. The van der Waals surface area contributed by atoms with E-state index in [9.17, 15) is 5.11 Å². The van der Waals surface area contributed by atoms with Crippen LogP contribution in [-0.4, -0.2) is 24.8 Å². The van der Waals surface area contributed by atoms with Crippen molar-refractivity contribution < 1.29 is 5.11 Å². The SMILES string of the molecule is CC.CNC(CO)C1CCc2ccccc21. The first-order chi connectivity index (χ1) is 7.86. The molecule has 0 saturated carbocycles. The first kappa shape index (κ1) is 13.2. The van der Waals surface area contributed by atoms with E-state index in [1.54, 1.807) is 0 Å². The zero-order chi connectivity index (χ0) is 12.0. The Morgan fingerprint density at radius 3 is 2.69 bits per heavy atom. The fourth-order valence-corrected chi connectivity index (χ4v) is 2.43. The minimum Gasteiger partial charge on any atom is -0.395 e. The molecular formula is C14H23NO. The summed E-state index contributed by atoms with van der Waals surface area (Å²) in [6.07, 6.45) is 2.31. The number of rotatable bonds is 3. The van der Waals surface area contributed by atoms with Crippen molar-refractivity contribution >= 4 is 0 Å². The number of hydrogen-bond donors (Lipinski definition) is 2. The Balaban J connectivity index is 0.000000606. The third kappa shape index (κ3) is 2.63. The van der Waals surface area contributed by atoms with E-state index >= 15 is 0 Å². The molecule has 0 amide bonds. The molecule has 2 unspecified atom stereocenters. The summed E-state index contributed by atoms with van der Waals surface area (Å²) in [5.41, 5.74) is 2.87. The summed E-state index contributed by atoms with van der Waals surface area (Å²) in [7, 11) is 1.92. The molecule has 0 radical (unpaired) electrons. The van der Waals surface area contributed by atoms with Gasteiger partial charge in [0.2, 0.25) is 0 Å². The predicted molar refractivity (Wildman–Crippen MR) is 68.8 cm³/mol. The van der Waals surface area contributed by atoms with Crippen molar-refractivity contribution in [1.82, 2.24) is 5.32 Å². The molecule has 2 nitrogen and oxygen atoms in total. The minimum absolute atomic E-state index is 0.207. The van der Waals surface area contributed by atoms with E-state index in [0.717, 1.165) is 12.8 Å². The molecule has 2 atom stereocenters. The summed E-state index contributed by atoms with van der Waals surface area (Å²) in [6, 6.07) is 8.76. The molecule has 16 heavy (non-hydrogen) atoms. The van der Waals surface area contributed by atoms with E-state index in [1.165, 1.54) is 11.1 Å². The lowest BCUT2D eigenvalue weighted by molar-refractivity contribution is 0.229. The number of likely N-dealkylation sites (N-methyl/N-ethyl adjacent to an activating group) is 1. The number of aryl methyl sites for hydroxylation is 1. The topological polar surface area (TPSA) is 32.3 Å². The smallest absolute Gasteiger partial charge is 0.0590 e. The standard InChI is InChI=1S/C12H17NO.C2H6/c1-13-12(8-14)11-7-6-9-4-2-3-5-10(9)11;1-2/h2-5,11-14H,6-8H2,1H3;1-2H3. The third-order valence-corrected chi connectivity index (χ3v) is 3.23. The highest BCUT2D eigenvalue weighted by atomic mass is 16.3. The number of aliphatic hydroxyl groups is 1. The second kappa shape index (κ2) is 6.66. The van der Waals surface area contributed by atoms with Gasteiger partial charge in [0.25, 0.3) is 0 Å². The van der Waals surface area contributed by atoms with Crippen LogP contribution in [0.15, 0.2) is 24.3 Å². The Kier molecular flexibility index (Phi) is 5.50. The van der Waals surface area contributed by atoms with Gasteiger partial charge >= 0.3 is 0 Å². The highest BCUT2D eigenvalue weighted by molar-refractivity contribution is 5.35. The number of hydrogen-bond acceptors (Lipinski definition) is 2. The van der Waals surface area contributed by atoms with Crippen LogP contribution in [0.5, 0.6) is 0 Å². The Morgan fingerprint density at radius 1 is 1.38 bits per heavy atom. The summed E-state index contributed by atoms with van der Waals surface area (Å²) < 4.78 is 0. The number of fused-ring (bicyclic) bond motifs is 1. The van der Waals surface area contributed by atoms with Gasteiger partial charge in [-0.15, -0.1) is 0 Å². The normalized spacial score (nSPS) is 19.6. The maximum Gasteiger partial charge on any atom is 0.0590 e. The summed E-state index contributed by atoms with van der Waals surface area (Å²) >= 11 is 0. The average molecular weight is 221 g/mol. The lowest BCUT2D eigenvalue weighted by Gasteiger charge is -2.21. The van der Waals surface area contributed by atoms with Crippen molar-refractivity contribution in [3.63, 3.8) is 0 Å². The summed E-state index contributed by atoms with van der Waals surface area (Å²) in [4.78, 5) is 0. The van der Waals surface area contributed by atoms with E-state index in [1.807, 2.05) is 20.9 Å². The highest BCUT2D eigenvalue weighted by Crippen LogP contribution is 2.34. The molecule has 2 N–H and O–H groups in total. The molecule has 0 aliphatic heterocycles.